The molecule has 0 aliphatic carbocycles. The number of carbonyl (C=O) groups excluding carboxylic acids is 1. The molecule has 5 heteroatoms. The molecule has 1 saturated heterocycles. The minimum absolute atomic E-state index is 0.0110. The minimum Gasteiger partial charge on any atom is -0.317 e. The van der Waals surface area contributed by atoms with Crippen LogP contribution in [0.4, 0.5) is 10.6 Å². The Morgan fingerprint density at radius 2 is 2.18 bits per heavy atom. The van der Waals surface area contributed by atoms with Gasteiger partial charge in [0.1, 0.15) is 5.82 Å². The molecule has 0 atom stereocenters. The van der Waals surface area contributed by atoms with Crippen LogP contribution in [-0.4, -0.2) is 35.0 Å². The van der Waals surface area contributed by atoms with Crippen LogP contribution in [0.15, 0.2) is 18.3 Å². The molecule has 0 radical (unpaired) electrons. The van der Waals surface area contributed by atoms with Crippen molar-refractivity contribution in [1.29, 1.82) is 0 Å². The van der Waals surface area contributed by atoms with Crippen LogP contribution < -0.4 is 10.6 Å². The number of urea groups is 1. The van der Waals surface area contributed by atoms with Gasteiger partial charge in [-0.1, -0.05) is 6.07 Å². The van der Waals surface area contributed by atoms with Crippen molar-refractivity contribution in [3.8, 4) is 0 Å². The van der Waals surface area contributed by atoms with Crippen LogP contribution in [0.25, 0.3) is 0 Å². The summed E-state index contributed by atoms with van der Waals surface area (Å²) in [5, 5.41) is 6.18. The number of aromatic nitrogens is 1. The lowest BCUT2D eigenvalue weighted by atomic mass is 10.0. The number of rotatable bonds is 1. The fourth-order valence-electron chi connectivity index (χ4n) is 2.52. The van der Waals surface area contributed by atoms with Crippen molar-refractivity contribution in [2.45, 2.75) is 25.4 Å². The first kappa shape index (κ1) is 10.5. The number of carbonyl (C=O) groups is 1. The van der Waals surface area contributed by atoms with E-state index in [1.54, 1.807) is 6.20 Å². The summed E-state index contributed by atoms with van der Waals surface area (Å²) in [6.45, 7) is 2.67. The molecular weight excluding hydrogens is 216 g/mol. The van der Waals surface area contributed by atoms with E-state index in [1.807, 2.05) is 17.0 Å². The van der Waals surface area contributed by atoms with Crippen LogP contribution in [0.1, 0.15) is 18.4 Å². The van der Waals surface area contributed by atoms with Gasteiger partial charge >= 0.3 is 6.03 Å². The lowest BCUT2D eigenvalue weighted by Crippen LogP contribution is -2.49. The van der Waals surface area contributed by atoms with E-state index in [1.165, 1.54) is 0 Å². The molecule has 1 fully saturated rings. The zero-order valence-electron chi connectivity index (χ0n) is 9.65. The zero-order chi connectivity index (χ0) is 11.7. The molecule has 0 saturated carbocycles. The summed E-state index contributed by atoms with van der Waals surface area (Å²) in [4.78, 5) is 18.1. The van der Waals surface area contributed by atoms with Gasteiger partial charge in [-0.3, -0.25) is 5.32 Å². The maximum Gasteiger partial charge on any atom is 0.323 e. The number of pyridine rings is 1. The molecule has 2 amide bonds. The second kappa shape index (κ2) is 4.33. The standard InChI is InChI=1S/C12H16N4O/c17-12-15-11-9(2-1-5-14-11)8-16(12)10-3-6-13-7-4-10/h1-2,5,10,13H,3-4,6-8H2,(H,14,15,17). The maximum atomic E-state index is 12.0. The third kappa shape index (κ3) is 1.98. The van der Waals surface area contributed by atoms with Gasteiger partial charge < -0.3 is 10.2 Å². The summed E-state index contributed by atoms with van der Waals surface area (Å²) in [6, 6.07) is 4.28. The molecule has 3 rings (SSSR count). The Kier molecular flexibility index (Phi) is 2.68. The molecule has 17 heavy (non-hydrogen) atoms. The molecule has 1 aromatic heterocycles. The number of hydrogen-bond donors (Lipinski definition) is 2. The van der Waals surface area contributed by atoms with E-state index in [-0.39, 0.29) is 6.03 Å². The number of anilines is 1. The fraction of sp³-hybridized carbons (Fsp3) is 0.500. The second-order valence-electron chi connectivity index (χ2n) is 4.55. The molecule has 0 aromatic carbocycles. The number of nitrogens with zero attached hydrogens (tertiary/aromatic N) is 2. The number of amides is 2. The van der Waals surface area contributed by atoms with Crippen LogP contribution in [-0.2, 0) is 6.54 Å². The van der Waals surface area contributed by atoms with Gasteiger partial charge in [0.25, 0.3) is 0 Å². The highest BCUT2D eigenvalue weighted by molar-refractivity contribution is 5.91. The normalized spacial score (nSPS) is 20.9. The van der Waals surface area contributed by atoms with Crippen molar-refractivity contribution in [1.82, 2.24) is 15.2 Å². The van der Waals surface area contributed by atoms with Crippen molar-refractivity contribution in [3.05, 3.63) is 23.9 Å². The number of piperidine rings is 1. The molecular formula is C12H16N4O. The van der Waals surface area contributed by atoms with E-state index >= 15 is 0 Å². The molecule has 0 spiro atoms. The first-order valence-electron chi connectivity index (χ1n) is 6.07. The van der Waals surface area contributed by atoms with Crippen LogP contribution in [0.2, 0.25) is 0 Å². The van der Waals surface area contributed by atoms with E-state index in [4.69, 9.17) is 0 Å². The number of hydrogen-bond acceptors (Lipinski definition) is 3. The van der Waals surface area contributed by atoms with E-state index < -0.39 is 0 Å². The first-order valence-corrected chi connectivity index (χ1v) is 6.07. The van der Waals surface area contributed by atoms with Crippen LogP contribution >= 0.6 is 0 Å². The molecule has 1 aromatic rings. The van der Waals surface area contributed by atoms with Crippen molar-refractivity contribution in [2.75, 3.05) is 18.4 Å². The monoisotopic (exact) mass is 232 g/mol. The second-order valence-corrected chi connectivity index (χ2v) is 4.55. The SMILES string of the molecule is O=C1Nc2ncccc2CN1C1CCNCC1. The van der Waals surface area contributed by atoms with E-state index in [0.717, 1.165) is 31.5 Å². The first-order chi connectivity index (χ1) is 8.34. The Hall–Kier alpha value is -1.62. The Bertz CT molecular complexity index is 428. The van der Waals surface area contributed by atoms with Gasteiger partial charge in [0.2, 0.25) is 0 Å². The topological polar surface area (TPSA) is 57.3 Å². The van der Waals surface area contributed by atoms with Gasteiger partial charge in [-0.2, -0.15) is 0 Å². The zero-order valence-corrected chi connectivity index (χ0v) is 9.65. The Labute approximate surface area is 100 Å². The Morgan fingerprint density at radius 1 is 1.35 bits per heavy atom. The van der Waals surface area contributed by atoms with Gasteiger partial charge in [-0.05, 0) is 32.0 Å². The van der Waals surface area contributed by atoms with Crippen LogP contribution in [0.3, 0.4) is 0 Å². The maximum absolute atomic E-state index is 12.0. The lowest BCUT2D eigenvalue weighted by molar-refractivity contribution is 0.163. The smallest absolute Gasteiger partial charge is 0.317 e. The van der Waals surface area contributed by atoms with E-state index in [2.05, 4.69) is 15.6 Å². The predicted molar refractivity (Wildman–Crippen MR) is 64.7 cm³/mol. The van der Waals surface area contributed by atoms with Crippen molar-refractivity contribution in [3.63, 3.8) is 0 Å². The van der Waals surface area contributed by atoms with Crippen molar-refractivity contribution >= 4 is 11.8 Å². The minimum atomic E-state index is -0.0110. The Morgan fingerprint density at radius 3 is 3.00 bits per heavy atom. The fourth-order valence-corrected chi connectivity index (χ4v) is 2.52. The summed E-state index contributed by atoms with van der Waals surface area (Å²) < 4.78 is 0. The third-order valence-electron chi connectivity index (χ3n) is 3.47. The average Bonchev–Trinajstić information content (AvgIpc) is 2.39. The molecule has 5 nitrogen and oxygen atoms in total. The highest BCUT2D eigenvalue weighted by atomic mass is 16.2. The van der Waals surface area contributed by atoms with Gasteiger partial charge in [0.15, 0.2) is 0 Å². The summed E-state index contributed by atoms with van der Waals surface area (Å²) in [7, 11) is 0. The summed E-state index contributed by atoms with van der Waals surface area (Å²) >= 11 is 0. The molecule has 2 aliphatic rings. The van der Waals surface area contributed by atoms with Gasteiger partial charge in [-0.15, -0.1) is 0 Å². The molecule has 0 bridgehead atoms. The van der Waals surface area contributed by atoms with Crippen molar-refractivity contribution < 1.29 is 4.79 Å². The highest BCUT2D eigenvalue weighted by Crippen LogP contribution is 2.24. The number of fused-ring (bicyclic) bond motifs is 1. The third-order valence-corrected chi connectivity index (χ3v) is 3.47. The van der Waals surface area contributed by atoms with Gasteiger partial charge in [-0.25, -0.2) is 9.78 Å². The van der Waals surface area contributed by atoms with Crippen molar-refractivity contribution in [2.24, 2.45) is 0 Å². The van der Waals surface area contributed by atoms with Gasteiger partial charge in [0, 0.05) is 17.8 Å². The molecule has 0 unspecified atom stereocenters. The van der Waals surface area contributed by atoms with Crippen LogP contribution in [0, 0.1) is 0 Å². The molecule has 2 N–H and O–H groups in total. The average molecular weight is 232 g/mol. The molecule has 2 aliphatic heterocycles. The quantitative estimate of drug-likeness (QED) is 0.764. The largest absolute Gasteiger partial charge is 0.323 e. The van der Waals surface area contributed by atoms with Gasteiger partial charge in [0.05, 0.1) is 6.54 Å². The van der Waals surface area contributed by atoms with E-state index in [0.29, 0.717) is 18.4 Å². The highest BCUT2D eigenvalue weighted by Gasteiger charge is 2.29. The predicted octanol–water partition coefficient (Wildman–Crippen LogP) is 1.18. The molecule has 3 heterocycles. The number of nitrogens with one attached hydrogen (secondary N) is 2. The lowest BCUT2D eigenvalue weighted by Gasteiger charge is -2.37. The van der Waals surface area contributed by atoms with E-state index in [9.17, 15) is 4.79 Å². The summed E-state index contributed by atoms with van der Waals surface area (Å²) in [5.41, 5.74) is 1.10. The Balaban J connectivity index is 1.81. The van der Waals surface area contributed by atoms with Crippen LogP contribution in [0.5, 0.6) is 0 Å². The summed E-state index contributed by atoms with van der Waals surface area (Å²) in [5.74, 6) is 0.711. The molecule has 90 valence electrons. The summed E-state index contributed by atoms with van der Waals surface area (Å²) in [6.07, 6.45) is 3.77.